The zero-order chi connectivity index (χ0) is 12.8. The van der Waals surface area contributed by atoms with Crippen molar-refractivity contribution in [2.45, 2.75) is 5.75 Å². The fourth-order valence-corrected chi connectivity index (χ4v) is 5.18. The minimum Gasteiger partial charge on any atom is -0.321 e. The number of rotatable bonds is 5. The van der Waals surface area contributed by atoms with Gasteiger partial charge in [0.1, 0.15) is 0 Å². The van der Waals surface area contributed by atoms with Crippen LogP contribution < -0.4 is 5.30 Å². The summed E-state index contributed by atoms with van der Waals surface area (Å²) in [6.07, 6.45) is 0. The van der Waals surface area contributed by atoms with Gasteiger partial charge < -0.3 is 4.52 Å². The molecule has 0 aliphatic rings. The molecule has 2 nitrogen and oxygen atoms in total. The molecule has 0 aromatic heterocycles. The van der Waals surface area contributed by atoms with Gasteiger partial charge in [0, 0.05) is 18.2 Å². The Labute approximate surface area is 112 Å². The van der Waals surface area contributed by atoms with Crippen LogP contribution >= 0.6 is 18.0 Å². The van der Waals surface area contributed by atoms with E-state index in [1.165, 1.54) is 18.5 Å². The third-order valence-corrected chi connectivity index (χ3v) is 7.26. The highest BCUT2D eigenvalue weighted by Crippen LogP contribution is 2.58. The molecule has 18 heavy (non-hydrogen) atoms. The molecule has 0 saturated carbocycles. The lowest BCUT2D eigenvalue weighted by Crippen LogP contribution is -2.02. The summed E-state index contributed by atoms with van der Waals surface area (Å²) in [6.45, 7) is -2.80. The van der Waals surface area contributed by atoms with Gasteiger partial charge in [-0.3, -0.25) is 4.57 Å². The first-order valence-electron chi connectivity index (χ1n) is 5.64. The Hall–Kier alpha value is -1.02. The van der Waals surface area contributed by atoms with E-state index >= 15 is 0 Å². The first-order chi connectivity index (χ1) is 8.74. The molecule has 1 atom stereocenters. The summed E-state index contributed by atoms with van der Waals surface area (Å²) in [5.41, 5.74) is 1.15. The molecule has 0 spiro atoms. The van der Waals surface area contributed by atoms with Gasteiger partial charge in [-0.25, -0.2) is 0 Å². The van der Waals surface area contributed by atoms with Crippen molar-refractivity contribution < 1.29 is 9.09 Å². The maximum Gasteiger partial charge on any atom is 0.287 e. The fourth-order valence-electron chi connectivity index (χ4n) is 1.58. The van der Waals surface area contributed by atoms with Crippen molar-refractivity contribution in [2.75, 3.05) is 7.11 Å². The van der Waals surface area contributed by atoms with Crippen LogP contribution in [0.3, 0.4) is 0 Å². The van der Waals surface area contributed by atoms with Crippen molar-refractivity contribution in [2.24, 2.45) is 0 Å². The molecular weight excluding hydrogens is 263 g/mol. The van der Waals surface area contributed by atoms with E-state index in [1.807, 2.05) is 60.7 Å². The first-order valence-corrected chi connectivity index (χ1v) is 8.86. The maximum atomic E-state index is 12.7. The second-order valence-corrected chi connectivity index (χ2v) is 8.41. The third-order valence-electron chi connectivity index (χ3n) is 2.56. The summed E-state index contributed by atoms with van der Waals surface area (Å²) < 4.78 is 18.0. The molecule has 0 aliphatic carbocycles. The van der Waals surface area contributed by atoms with Gasteiger partial charge in [-0.2, -0.15) is 0 Å². The number of hydrogen-bond acceptors (Lipinski definition) is 3. The quantitative estimate of drug-likeness (QED) is 0.771. The van der Waals surface area contributed by atoms with E-state index in [1.54, 1.807) is 0 Å². The summed E-state index contributed by atoms with van der Waals surface area (Å²) in [5.74, 6) is 0.681. The summed E-state index contributed by atoms with van der Waals surface area (Å²) in [5, 5.41) is 0.758. The Bertz CT molecular complexity index is 528. The highest BCUT2D eigenvalue weighted by atomic mass is 32.7. The number of hydrogen-bond donors (Lipinski definition) is 0. The zero-order valence-electron chi connectivity index (χ0n) is 10.2. The average Bonchev–Trinajstić information content (AvgIpc) is 2.47. The van der Waals surface area contributed by atoms with Gasteiger partial charge in [0.15, 0.2) is 0 Å². The van der Waals surface area contributed by atoms with Crippen molar-refractivity contribution in [3.05, 3.63) is 66.2 Å². The number of benzene rings is 2. The smallest absolute Gasteiger partial charge is 0.287 e. The molecule has 94 valence electrons. The Morgan fingerprint density at radius 1 is 1.00 bits per heavy atom. The maximum absolute atomic E-state index is 12.7. The predicted octanol–water partition coefficient (Wildman–Crippen LogP) is 4.08. The normalized spacial score (nSPS) is 14.1. The fraction of sp³-hybridized carbons (Fsp3) is 0.143. The van der Waals surface area contributed by atoms with E-state index in [2.05, 4.69) is 0 Å². The minimum absolute atomic E-state index is 0.681. The summed E-state index contributed by atoms with van der Waals surface area (Å²) in [4.78, 5) is 0. The summed E-state index contributed by atoms with van der Waals surface area (Å²) in [7, 11) is 1.51. The van der Waals surface area contributed by atoms with Crippen LogP contribution in [0, 0.1) is 0 Å². The molecule has 2 rings (SSSR count). The second kappa shape index (κ2) is 6.24. The van der Waals surface area contributed by atoms with Gasteiger partial charge in [0.05, 0.1) is 0 Å². The Balaban J connectivity index is 2.12. The third kappa shape index (κ3) is 3.26. The lowest BCUT2D eigenvalue weighted by Gasteiger charge is -2.15. The first kappa shape index (κ1) is 13.4. The lowest BCUT2D eigenvalue weighted by molar-refractivity contribution is 0.418. The van der Waals surface area contributed by atoms with Gasteiger partial charge in [0.25, 0.3) is 6.57 Å². The van der Waals surface area contributed by atoms with E-state index in [-0.39, 0.29) is 0 Å². The van der Waals surface area contributed by atoms with E-state index in [9.17, 15) is 4.57 Å². The van der Waals surface area contributed by atoms with Crippen LogP contribution in [-0.2, 0) is 14.8 Å². The molecule has 2 aromatic rings. The monoisotopic (exact) mass is 278 g/mol. The molecule has 0 N–H and O–H groups in total. The Kier molecular flexibility index (Phi) is 4.65. The average molecular weight is 278 g/mol. The summed E-state index contributed by atoms with van der Waals surface area (Å²) >= 11 is 1.36. The van der Waals surface area contributed by atoms with Gasteiger partial charge in [-0.05, 0) is 17.7 Å². The van der Waals surface area contributed by atoms with Gasteiger partial charge in [-0.1, -0.05) is 59.9 Å². The van der Waals surface area contributed by atoms with Crippen LogP contribution in [0.25, 0.3) is 0 Å². The van der Waals surface area contributed by atoms with Crippen molar-refractivity contribution in [1.82, 2.24) is 0 Å². The molecule has 0 amide bonds. The zero-order valence-corrected chi connectivity index (χ0v) is 11.9. The standard InChI is InChI=1S/C14H15O2PS/c1-16-17(15,14-10-6-3-7-11-14)18-12-13-8-4-2-5-9-13/h2-11H,12H2,1H3. The molecule has 0 radical (unpaired) electrons. The van der Waals surface area contributed by atoms with Crippen molar-refractivity contribution in [3.8, 4) is 0 Å². The largest absolute Gasteiger partial charge is 0.321 e. The van der Waals surface area contributed by atoms with Crippen molar-refractivity contribution in [1.29, 1.82) is 0 Å². The molecule has 0 aliphatic heterocycles. The van der Waals surface area contributed by atoms with Crippen LogP contribution in [-0.4, -0.2) is 7.11 Å². The molecule has 4 heteroatoms. The minimum atomic E-state index is -2.80. The highest BCUT2D eigenvalue weighted by Gasteiger charge is 2.24. The van der Waals surface area contributed by atoms with Gasteiger partial charge in [0.2, 0.25) is 0 Å². The van der Waals surface area contributed by atoms with Crippen molar-refractivity contribution >= 4 is 23.3 Å². The van der Waals surface area contributed by atoms with E-state index in [0.29, 0.717) is 5.75 Å². The molecule has 0 saturated heterocycles. The molecule has 0 fully saturated rings. The Morgan fingerprint density at radius 2 is 1.56 bits per heavy atom. The van der Waals surface area contributed by atoms with Gasteiger partial charge >= 0.3 is 0 Å². The SMILES string of the molecule is COP(=O)(SCc1ccccc1)c1ccccc1. The Morgan fingerprint density at radius 3 is 2.11 bits per heavy atom. The van der Waals surface area contributed by atoms with Crippen LogP contribution in [0.15, 0.2) is 60.7 Å². The van der Waals surface area contributed by atoms with Crippen molar-refractivity contribution in [3.63, 3.8) is 0 Å². The van der Waals surface area contributed by atoms with Crippen LogP contribution in [0.4, 0.5) is 0 Å². The molecule has 2 aromatic carbocycles. The van der Waals surface area contributed by atoms with E-state index in [0.717, 1.165) is 10.9 Å². The molecule has 0 heterocycles. The van der Waals surface area contributed by atoms with Crippen LogP contribution in [0.1, 0.15) is 5.56 Å². The van der Waals surface area contributed by atoms with E-state index < -0.39 is 6.57 Å². The van der Waals surface area contributed by atoms with Crippen LogP contribution in [0.2, 0.25) is 0 Å². The molecule has 0 bridgehead atoms. The summed E-state index contributed by atoms with van der Waals surface area (Å²) in [6, 6.07) is 19.4. The molecular formula is C14H15O2PS. The van der Waals surface area contributed by atoms with Gasteiger partial charge in [-0.15, -0.1) is 0 Å². The topological polar surface area (TPSA) is 26.3 Å². The predicted molar refractivity (Wildman–Crippen MR) is 78.4 cm³/mol. The lowest BCUT2D eigenvalue weighted by atomic mass is 10.2. The highest BCUT2D eigenvalue weighted by molar-refractivity contribution is 8.58. The molecule has 1 unspecified atom stereocenters. The second-order valence-electron chi connectivity index (χ2n) is 3.77. The van der Waals surface area contributed by atoms with E-state index in [4.69, 9.17) is 4.52 Å². The van der Waals surface area contributed by atoms with Crippen LogP contribution in [0.5, 0.6) is 0 Å².